The Morgan fingerprint density at radius 2 is 1.43 bits per heavy atom. The van der Waals surface area contributed by atoms with Crippen molar-refractivity contribution in [2.45, 2.75) is 6.42 Å². The third-order valence-electron chi connectivity index (χ3n) is 0.655. The minimum atomic E-state index is 0. The van der Waals surface area contributed by atoms with Crippen molar-refractivity contribution in [1.29, 1.82) is 0 Å². The molecule has 0 aromatic carbocycles. The molecular formula is C5H7BrFe. The molecule has 0 fully saturated rings. The first kappa shape index (κ1) is 10.5. The molecule has 1 aliphatic carbocycles. The molecule has 0 N–H and O–H groups in total. The quantitative estimate of drug-likeness (QED) is 0.528. The van der Waals surface area contributed by atoms with Gasteiger partial charge in [0.05, 0.1) is 0 Å². The Hall–Kier alpha value is 0.479. The third-order valence-corrected chi connectivity index (χ3v) is 0.655. The van der Waals surface area contributed by atoms with Gasteiger partial charge in [0.1, 0.15) is 0 Å². The van der Waals surface area contributed by atoms with Crippen molar-refractivity contribution in [3.8, 4) is 0 Å². The second kappa shape index (κ2) is 6.48. The Morgan fingerprint density at radius 3 is 1.57 bits per heavy atom. The Labute approximate surface area is 64.9 Å². The molecule has 0 nitrogen and oxygen atoms in total. The first-order valence-corrected chi connectivity index (χ1v) is 1.82. The second-order valence-electron chi connectivity index (χ2n) is 1.09. The van der Waals surface area contributed by atoms with Gasteiger partial charge in [-0.3, -0.25) is 0 Å². The molecule has 0 aliphatic heterocycles. The zero-order valence-corrected chi connectivity index (χ0v) is 6.60. The standard InChI is InChI=1S/C5H6.BrH.Fe/c1-2-4-5-3-1;;/h1-4H,5H2;1H;. The van der Waals surface area contributed by atoms with E-state index >= 15 is 0 Å². The summed E-state index contributed by atoms with van der Waals surface area (Å²) < 4.78 is 0. The summed E-state index contributed by atoms with van der Waals surface area (Å²) in [5.74, 6) is 0. The number of rotatable bonds is 0. The number of hydrogen-bond donors (Lipinski definition) is 0. The van der Waals surface area contributed by atoms with Crippen LogP contribution in [0.2, 0.25) is 0 Å². The molecule has 0 saturated carbocycles. The van der Waals surface area contributed by atoms with Gasteiger partial charge in [-0.25, -0.2) is 0 Å². The van der Waals surface area contributed by atoms with Crippen LogP contribution in [-0.4, -0.2) is 0 Å². The minimum absolute atomic E-state index is 0. The van der Waals surface area contributed by atoms with Gasteiger partial charge in [-0.2, -0.15) is 0 Å². The van der Waals surface area contributed by atoms with Crippen molar-refractivity contribution < 1.29 is 17.1 Å². The van der Waals surface area contributed by atoms with Gasteiger partial charge in [0.15, 0.2) is 0 Å². The summed E-state index contributed by atoms with van der Waals surface area (Å²) >= 11 is 0. The molecule has 0 saturated heterocycles. The van der Waals surface area contributed by atoms with Crippen LogP contribution >= 0.6 is 17.0 Å². The van der Waals surface area contributed by atoms with Crippen molar-refractivity contribution in [3.63, 3.8) is 0 Å². The first-order chi connectivity index (χ1) is 2.50. The molecule has 0 radical (unpaired) electrons. The summed E-state index contributed by atoms with van der Waals surface area (Å²) in [7, 11) is 0. The largest absolute Gasteiger partial charge is 0.114 e. The summed E-state index contributed by atoms with van der Waals surface area (Å²) in [6.45, 7) is 0. The number of allylic oxidation sites excluding steroid dienone is 4. The zero-order valence-electron chi connectivity index (χ0n) is 3.78. The second-order valence-corrected chi connectivity index (χ2v) is 1.09. The number of halogens is 1. The molecule has 0 aromatic heterocycles. The Balaban J connectivity index is 0. The predicted octanol–water partition coefficient (Wildman–Crippen LogP) is 2.08. The zero-order chi connectivity index (χ0) is 3.54. The smallest absolute Gasteiger partial charge is 0 e. The van der Waals surface area contributed by atoms with Crippen LogP contribution in [0.15, 0.2) is 24.3 Å². The van der Waals surface area contributed by atoms with E-state index in [1.807, 2.05) is 0 Å². The van der Waals surface area contributed by atoms with Crippen molar-refractivity contribution >= 4 is 17.0 Å². The van der Waals surface area contributed by atoms with Gasteiger partial charge in [-0.05, 0) is 6.42 Å². The molecule has 42 valence electrons. The normalized spacial score (nSPS) is 12.6. The van der Waals surface area contributed by atoms with Crippen LogP contribution < -0.4 is 0 Å². The SMILES string of the molecule is Br.C1=CCC=C1.[Fe]. The van der Waals surface area contributed by atoms with Crippen molar-refractivity contribution in [2.24, 2.45) is 0 Å². The van der Waals surface area contributed by atoms with E-state index in [0.29, 0.717) is 0 Å². The van der Waals surface area contributed by atoms with Gasteiger partial charge < -0.3 is 0 Å². The van der Waals surface area contributed by atoms with E-state index in [0.717, 1.165) is 6.42 Å². The molecule has 2 heteroatoms. The maximum absolute atomic E-state index is 2.12. The van der Waals surface area contributed by atoms with Crippen LogP contribution in [0, 0.1) is 0 Å². The van der Waals surface area contributed by atoms with Gasteiger partial charge >= 0.3 is 0 Å². The molecule has 0 aromatic rings. The van der Waals surface area contributed by atoms with Gasteiger partial charge in [-0.15, -0.1) is 17.0 Å². The van der Waals surface area contributed by atoms with Crippen LogP contribution in [0.5, 0.6) is 0 Å². The topological polar surface area (TPSA) is 0 Å². The minimum Gasteiger partial charge on any atom is -0.114 e. The molecule has 7 heavy (non-hydrogen) atoms. The summed E-state index contributed by atoms with van der Waals surface area (Å²) in [6, 6.07) is 0. The van der Waals surface area contributed by atoms with E-state index in [1.165, 1.54) is 0 Å². The summed E-state index contributed by atoms with van der Waals surface area (Å²) in [5, 5.41) is 0. The molecule has 1 aliphatic rings. The van der Waals surface area contributed by atoms with Gasteiger partial charge in [0, 0.05) is 17.1 Å². The van der Waals surface area contributed by atoms with Crippen LogP contribution in [0.3, 0.4) is 0 Å². The molecule has 0 unspecified atom stereocenters. The first-order valence-electron chi connectivity index (χ1n) is 1.82. The third kappa shape index (κ3) is 4.33. The Morgan fingerprint density at radius 1 is 1.00 bits per heavy atom. The molecule has 0 spiro atoms. The van der Waals surface area contributed by atoms with Gasteiger partial charge in [-0.1, -0.05) is 24.3 Å². The van der Waals surface area contributed by atoms with E-state index in [9.17, 15) is 0 Å². The van der Waals surface area contributed by atoms with E-state index in [2.05, 4.69) is 24.3 Å². The van der Waals surface area contributed by atoms with Gasteiger partial charge in [0.2, 0.25) is 0 Å². The molecule has 0 amide bonds. The molecule has 1 rings (SSSR count). The fourth-order valence-corrected chi connectivity index (χ4v) is 0.393. The average molecular weight is 203 g/mol. The fourth-order valence-electron chi connectivity index (χ4n) is 0.393. The summed E-state index contributed by atoms with van der Waals surface area (Å²) in [4.78, 5) is 0. The Bertz CT molecular complexity index is 66.1. The van der Waals surface area contributed by atoms with E-state index < -0.39 is 0 Å². The fraction of sp³-hybridized carbons (Fsp3) is 0.200. The Kier molecular flexibility index (Phi) is 9.68. The maximum atomic E-state index is 2.12. The van der Waals surface area contributed by atoms with E-state index in [4.69, 9.17) is 0 Å². The summed E-state index contributed by atoms with van der Waals surface area (Å²) in [5.41, 5.74) is 0. The van der Waals surface area contributed by atoms with Crippen LogP contribution in [0.25, 0.3) is 0 Å². The van der Waals surface area contributed by atoms with Gasteiger partial charge in [0.25, 0.3) is 0 Å². The predicted molar refractivity (Wildman–Crippen MR) is 33.2 cm³/mol. The van der Waals surface area contributed by atoms with Crippen molar-refractivity contribution in [3.05, 3.63) is 24.3 Å². The molecule has 0 heterocycles. The van der Waals surface area contributed by atoms with Crippen LogP contribution in [0.1, 0.15) is 6.42 Å². The van der Waals surface area contributed by atoms with Crippen molar-refractivity contribution in [2.75, 3.05) is 0 Å². The van der Waals surface area contributed by atoms with E-state index in [-0.39, 0.29) is 34.1 Å². The molecule has 0 bridgehead atoms. The average Bonchev–Trinajstić information content (AvgIpc) is 1.76. The molecular weight excluding hydrogens is 196 g/mol. The monoisotopic (exact) mass is 202 g/mol. The maximum Gasteiger partial charge on any atom is 0 e. The van der Waals surface area contributed by atoms with Crippen molar-refractivity contribution in [1.82, 2.24) is 0 Å². The number of hydrogen-bond acceptors (Lipinski definition) is 0. The summed E-state index contributed by atoms with van der Waals surface area (Å²) in [6.07, 6.45) is 9.50. The van der Waals surface area contributed by atoms with E-state index in [1.54, 1.807) is 0 Å². The van der Waals surface area contributed by atoms with Crippen LogP contribution in [-0.2, 0) is 17.1 Å². The van der Waals surface area contributed by atoms with Crippen LogP contribution in [0.4, 0.5) is 0 Å². The molecule has 0 atom stereocenters.